The van der Waals surface area contributed by atoms with Gasteiger partial charge in [-0.05, 0) is 59.5 Å². The van der Waals surface area contributed by atoms with Crippen molar-refractivity contribution in [1.82, 2.24) is 20.6 Å². The average Bonchev–Trinajstić information content (AvgIpc) is 3.37. The fraction of sp³-hybridized carbons (Fsp3) is 0.250. The number of rotatable bonds is 14. The topological polar surface area (TPSA) is 99.3 Å². The summed E-state index contributed by atoms with van der Waals surface area (Å²) in [6.45, 7) is 1.50. The van der Waals surface area contributed by atoms with E-state index in [0.29, 0.717) is 59.8 Å². The molecule has 0 spiro atoms. The van der Waals surface area contributed by atoms with Crippen LogP contribution in [0.4, 0.5) is 17.6 Å². The predicted octanol–water partition coefficient (Wildman–Crippen LogP) is 5.64. The van der Waals surface area contributed by atoms with E-state index in [9.17, 15) is 22.4 Å². The molecule has 0 atom stereocenters. The quantitative estimate of drug-likeness (QED) is 0.0654. The number of nitrogens with one attached hydrogen (secondary N) is 3. The Morgan fingerprint density at radius 2 is 1.79 bits per heavy atom. The third-order valence-corrected chi connectivity index (χ3v) is 6.44. The zero-order chi connectivity index (χ0) is 30.7. The van der Waals surface area contributed by atoms with Gasteiger partial charge in [0.1, 0.15) is 12.4 Å². The van der Waals surface area contributed by atoms with Gasteiger partial charge < -0.3 is 25.5 Å². The molecule has 0 saturated carbocycles. The molecule has 0 unspecified atom stereocenters. The van der Waals surface area contributed by atoms with Crippen molar-refractivity contribution in [3.8, 4) is 5.88 Å². The first-order valence-corrected chi connectivity index (χ1v) is 13.7. The fourth-order valence-electron chi connectivity index (χ4n) is 4.51. The maximum atomic E-state index is 14.5. The van der Waals surface area contributed by atoms with Gasteiger partial charge in [-0.2, -0.15) is 13.2 Å². The minimum atomic E-state index is -4.49. The molecule has 1 amide bonds. The van der Waals surface area contributed by atoms with Gasteiger partial charge in [0.2, 0.25) is 11.8 Å². The van der Waals surface area contributed by atoms with Crippen LogP contribution in [0.5, 0.6) is 5.88 Å². The van der Waals surface area contributed by atoms with Crippen LogP contribution in [0.25, 0.3) is 22.0 Å². The highest BCUT2D eigenvalue weighted by molar-refractivity contribution is 6.00. The van der Waals surface area contributed by atoms with E-state index in [1.165, 1.54) is 18.5 Å². The molecule has 4 N–H and O–H groups in total. The minimum Gasteiger partial charge on any atom is -0.476 e. The number of fused-ring (bicyclic) bond motifs is 1. The third kappa shape index (κ3) is 9.25. The van der Waals surface area contributed by atoms with Gasteiger partial charge in [-0.3, -0.25) is 4.79 Å². The summed E-state index contributed by atoms with van der Waals surface area (Å²) in [4.78, 5) is 18.6. The normalized spacial score (nSPS) is 12.5. The van der Waals surface area contributed by atoms with Gasteiger partial charge in [-0.25, -0.2) is 9.37 Å². The molecule has 11 heteroatoms. The summed E-state index contributed by atoms with van der Waals surface area (Å²) in [5.41, 5.74) is 2.13. The number of aliphatic hydroxyl groups excluding tert-OH is 1. The van der Waals surface area contributed by atoms with E-state index in [1.807, 2.05) is 0 Å². The predicted molar refractivity (Wildman–Crippen MR) is 158 cm³/mol. The van der Waals surface area contributed by atoms with Gasteiger partial charge in [0.25, 0.3) is 0 Å². The van der Waals surface area contributed by atoms with Crippen LogP contribution in [-0.2, 0) is 4.79 Å². The van der Waals surface area contributed by atoms with Gasteiger partial charge >= 0.3 is 6.18 Å². The molecular weight excluding hydrogens is 564 g/mol. The fourth-order valence-corrected chi connectivity index (χ4v) is 4.51. The minimum absolute atomic E-state index is 0.0444. The van der Waals surface area contributed by atoms with E-state index >= 15 is 0 Å². The molecule has 226 valence electrons. The molecule has 0 aliphatic heterocycles. The molecule has 4 aromatic rings. The Morgan fingerprint density at radius 3 is 2.51 bits per heavy atom. The van der Waals surface area contributed by atoms with Crippen molar-refractivity contribution in [2.75, 3.05) is 32.8 Å². The molecule has 0 saturated heterocycles. The highest BCUT2D eigenvalue weighted by atomic mass is 19.4. The number of carbonyl (C=O) groups is 1. The molecule has 0 radical (unpaired) electrons. The average molecular weight is 597 g/mol. The molecule has 0 aliphatic rings. The monoisotopic (exact) mass is 596 g/mol. The second-order valence-corrected chi connectivity index (χ2v) is 9.60. The number of ether oxygens (including phenoxy) is 1. The molecular formula is C32H32F4N4O3. The number of aliphatic hydroxyl groups is 1. The highest BCUT2D eigenvalue weighted by Crippen LogP contribution is 2.40. The molecule has 0 fully saturated rings. The van der Waals surface area contributed by atoms with Crippen LogP contribution in [-0.4, -0.2) is 60.0 Å². The Hall–Kier alpha value is -4.48. The number of H-pyrrole nitrogens is 1. The third-order valence-electron chi connectivity index (χ3n) is 6.44. The number of pyridine rings is 1. The second-order valence-electron chi connectivity index (χ2n) is 9.60. The summed E-state index contributed by atoms with van der Waals surface area (Å²) in [5.74, 6) is -0.464. The van der Waals surface area contributed by atoms with Crippen LogP contribution < -0.4 is 15.4 Å². The largest absolute Gasteiger partial charge is 0.476 e. The number of halogens is 4. The van der Waals surface area contributed by atoms with E-state index in [1.54, 1.807) is 66.7 Å². The lowest BCUT2D eigenvalue weighted by atomic mass is 9.88. The number of carbonyl (C=O) groups excluding carboxylic acids is 1. The van der Waals surface area contributed by atoms with Crippen LogP contribution in [0.2, 0.25) is 0 Å². The number of amides is 1. The summed E-state index contributed by atoms with van der Waals surface area (Å²) >= 11 is 0. The van der Waals surface area contributed by atoms with Crippen molar-refractivity contribution in [2.24, 2.45) is 0 Å². The summed E-state index contributed by atoms with van der Waals surface area (Å²) in [6, 6.07) is 16.4. The molecule has 2 heterocycles. The second kappa shape index (κ2) is 15.1. The standard InChI is InChI=1S/C32H32F4N4O3/c33-27-21-39-28-11-9-23(18-25(27)28)31(26(19-32(34,35)36)22-6-2-1-3-7-22)24-10-12-30(40-20-24)43-17-15-37-13-5-4-8-29(42)38-14-16-41/h1-4,6-12,18,20-21,37,39,41H,5,13-17,19H2,(H,38,42)/b8-4+,31-26-. The van der Waals surface area contributed by atoms with Gasteiger partial charge in [-0.15, -0.1) is 0 Å². The van der Waals surface area contributed by atoms with Crippen molar-refractivity contribution < 1.29 is 32.2 Å². The number of hydrogen-bond acceptors (Lipinski definition) is 5. The SMILES string of the molecule is O=C(/C=C/CCNCCOc1ccc(/C(=C(/CC(F)(F)F)c2ccccc2)c2ccc3[nH]cc(F)c3c2)cn1)NCCO. The molecule has 4 rings (SSSR count). The zero-order valence-electron chi connectivity index (χ0n) is 23.3. The van der Waals surface area contributed by atoms with Crippen LogP contribution in [0.15, 0.2) is 85.2 Å². The van der Waals surface area contributed by atoms with Crippen molar-refractivity contribution in [2.45, 2.75) is 19.0 Å². The lowest BCUT2D eigenvalue weighted by molar-refractivity contribution is -0.123. The van der Waals surface area contributed by atoms with Gasteiger partial charge in [-0.1, -0.05) is 42.5 Å². The smallest absolute Gasteiger partial charge is 0.393 e. The van der Waals surface area contributed by atoms with Crippen molar-refractivity contribution in [3.63, 3.8) is 0 Å². The molecule has 2 aromatic carbocycles. The Labute approximate surface area is 246 Å². The Balaban J connectivity index is 1.51. The number of nitrogens with zero attached hydrogens (tertiary/aromatic N) is 1. The van der Waals surface area contributed by atoms with E-state index in [0.717, 1.165) is 0 Å². The van der Waals surface area contributed by atoms with E-state index in [2.05, 4.69) is 20.6 Å². The van der Waals surface area contributed by atoms with Gasteiger partial charge in [0.15, 0.2) is 0 Å². The number of benzene rings is 2. The van der Waals surface area contributed by atoms with Crippen LogP contribution in [0.3, 0.4) is 0 Å². The Kier molecular flexibility index (Phi) is 11.1. The number of allylic oxidation sites excluding steroid dienone is 1. The number of aromatic nitrogens is 2. The van der Waals surface area contributed by atoms with E-state index in [-0.39, 0.29) is 30.0 Å². The van der Waals surface area contributed by atoms with Crippen LogP contribution in [0, 0.1) is 5.82 Å². The van der Waals surface area contributed by atoms with E-state index < -0.39 is 18.4 Å². The summed E-state index contributed by atoms with van der Waals surface area (Å²) in [6.07, 6.45) is 0.738. The molecule has 43 heavy (non-hydrogen) atoms. The molecule has 2 aromatic heterocycles. The molecule has 0 aliphatic carbocycles. The van der Waals surface area contributed by atoms with Gasteiger partial charge in [0, 0.05) is 48.0 Å². The zero-order valence-corrected chi connectivity index (χ0v) is 23.3. The Bertz CT molecular complexity index is 1550. The van der Waals surface area contributed by atoms with Crippen molar-refractivity contribution in [1.29, 1.82) is 0 Å². The molecule has 0 bridgehead atoms. The summed E-state index contributed by atoms with van der Waals surface area (Å²) in [5, 5.41) is 14.7. The van der Waals surface area contributed by atoms with Gasteiger partial charge in [0.05, 0.1) is 13.0 Å². The van der Waals surface area contributed by atoms with Crippen molar-refractivity contribution >= 4 is 28.0 Å². The molecule has 7 nitrogen and oxygen atoms in total. The van der Waals surface area contributed by atoms with Crippen LogP contribution in [0.1, 0.15) is 29.5 Å². The van der Waals surface area contributed by atoms with Crippen molar-refractivity contribution in [3.05, 3.63) is 108 Å². The Morgan fingerprint density at radius 1 is 1.00 bits per heavy atom. The first kappa shape index (κ1) is 31.5. The van der Waals surface area contributed by atoms with Crippen LogP contribution >= 0.6 is 0 Å². The maximum Gasteiger partial charge on any atom is 0.393 e. The lowest BCUT2D eigenvalue weighted by Crippen LogP contribution is -2.24. The first-order chi connectivity index (χ1) is 20.7. The summed E-state index contributed by atoms with van der Waals surface area (Å²) in [7, 11) is 0. The first-order valence-electron chi connectivity index (χ1n) is 13.7. The van der Waals surface area contributed by atoms with E-state index in [4.69, 9.17) is 9.84 Å². The number of hydrogen-bond donors (Lipinski definition) is 4. The lowest BCUT2D eigenvalue weighted by Gasteiger charge is -2.19. The number of aromatic amines is 1. The summed E-state index contributed by atoms with van der Waals surface area (Å²) < 4.78 is 61.8. The maximum absolute atomic E-state index is 14.5. The highest BCUT2D eigenvalue weighted by Gasteiger charge is 2.31. The number of alkyl halides is 3.